The molecule has 0 spiro atoms. The number of hydrogen-bond acceptors (Lipinski definition) is 5. The maximum absolute atomic E-state index is 13.5. The van der Waals surface area contributed by atoms with Crippen molar-refractivity contribution in [2.45, 2.75) is 18.9 Å². The summed E-state index contributed by atoms with van der Waals surface area (Å²) in [5, 5.41) is 13.0. The lowest BCUT2D eigenvalue weighted by atomic mass is 10.0. The third kappa shape index (κ3) is 4.18. The molecule has 0 saturated carbocycles. The van der Waals surface area contributed by atoms with Gasteiger partial charge in [-0.15, -0.1) is 0 Å². The van der Waals surface area contributed by atoms with Crippen molar-refractivity contribution >= 4 is 21.9 Å². The number of pyridine rings is 2. The molecular formula is C30H25FN6O. The van der Waals surface area contributed by atoms with Gasteiger partial charge in [0.15, 0.2) is 5.65 Å². The Morgan fingerprint density at radius 2 is 1.68 bits per heavy atom. The van der Waals surface area contributed by atoms with E-state index in [-0.39, 0.29) is 11.9 Å². The van der Waals surface area contributed by atoms with Crippen LogP contribution in [0.3, 0.4) is 0 Å². The lowest BCUT2D eigenvalue weighted by Gasteiger charge is -2.23. The summed E-state index contributed by atoms with van der Waals surface area (Å²) in [4.78, 5) is 12.6. The Morgan fingerprint density at radius 3 is 2.55 bits per heavy atom. The molecule has 6 aromatic rings. The number of aromatic amines is 2. The molecule has 38 heavy (non-hydrogen) atoms. The van der Waals surface area contributed by atoms with E-state index >= 15 is 0 Å². The van der Waals surface area contributed by atoms with Crippen LogP contribution in [0.2, 0.25) is 0 Å². The number of fused-ring (bicyclic) bond motifs is 2. The fraction of sp³-hybridized carbons (Fsp3) is 0.167. The minimum Gasteiger partial charge on any atom is -0.489 e. The van der Waals surface area contributed by atoms with E-state index in [2.05, 4.69) is 42.6 Å². The van der Waals surface area contributed by atoms with Crippen LogP contribution in [0.25, 0.3) is 55.6 Å². The van der Waals surface area contributed by atoms with Crippen molar-refractivity contribution in [3.8, 4) is 39.4 Å². The molecule has 1 aliphatic rings. The van der Waals surface area contributed by atoms with Crippen LogP contribution in [0.1, 0.15) is 12.8 Å². The number of rotatable bonds is 5. The molecule has 188 valence electrons. The minimum atomic E-state index is -0.249. The number of halogens is 1. The smallest absolute Gasteiger partial charge is 0.155 e. The second kappa shape index (κ2) is 9.39. The van der Waals surface area contributed by atoms with Crippen LogP contribution in [0.5, 0.6) is 5.75 Å². The summed E-state index contributed by atoms with van der Waals surface area (Å²) < 4.78 is 19.7. The predicted octanol–water partition coefficient (Wildman–Crippen LogP) is 6.11. The van der Waals surface area contributed by atoms with Crippen LogP contribution in [-0.2, 0) is 0 Å². The minimum absolute atomic E-state index is 0.205. The summed E-state index contributed by atoms with van der Waals surface area (Å²) in [5.41, 5.74) is 7.20. The first-order chi connectivity index (χ1) is 18.7. The highest BCUT2D eigenvalue weighted by Crippen LogP contribution is 2.35. The maximum atomic E-state index is 13.5. The molecule has 7 rings (SSSR count). The van der Waals surface area contributed by atoms with Crippen molar-refractivity contribution in [1.82, 2.24) is 30.5 Å². The van der Waals surface area contributed by atoms with Crippen molar-refractivity contribution in [1.29, 1.82) is 0 Å². The fourth-order valence-electron chi connectivity index (χ4n) is 5.18. The van der Waals surface area contributed by atoms with E-state index in [1.165, 1.54) is 12.1 Å². The average Bonchev–Trinajstić information content (AvgIpc) is 3.58. The van der Waals surface area contributed by atoms with Gasteiger partial charge in [-0.1, -0.05) is 24.3 Å². The Balaban J connectivity index is 1.25. The van der Waals surface area contributed by atoms with Crippen LogP contribution in [0.4, 0.5) is 4.39 Å². The number of hydrogen-bond donors (Lipinski definition) is 3. The molecule has 1 saturated heterocycles. The van der Waals surface area contributed by atoms with Crippen LogP contribution < -0.4 is 10.1 Å². The molecule has 0 aliphatic carbocycles. The quantitative estimate of drug-likeness (QED) is 0.264. The van der Waals surface area contributed by atoms with E-state index in [0.29, 0.717) is 5.65 Å². The van der Waals surface area contributed by atoms with Gasteiger partial charge < -0.3 is 15.0 Å². The number of benzene rings is 2. The predicted molar refractivity (Wildman–Crippen MR) is 146 cm³/mol. The first kappa shape index (κ1) is 22.6. The third-order valence-electron chi connectivity index (χ3n) is 7.13. The van der Waals surface area contributed by atoms with Crippen LogP contribution >= 0.6 is 0 Å². The molecule has 0 amide bonds. The number of piperidine rings is 1. The van der Waals surface area contributed by atoms with Gasteiger partial charge in [-0.25, -0.2) is 9.37 Å². The van der Waals surface area contributed by atoms with Crippen molar-refractivity contribution in [2.24, 2.45) is 0 Å². The second-order valence-electron chi connectivity index (χ2n) is 9.63. The highest BCUT2D eigenvalue weighted by Gasteiger charge is 2.17. The number of aromatic nitrogens is 5. The van der Waals surface area contributed by atoms with Crippen molar-refractivity contribution < 1.29 is 9.13 Å². The lowest BCUT2D eigenvalue weighted by molar-refractivity contribution is 0.162. The molecule has 1 aliphatic heterocycles. The monoisotopic (exact) mass is 504 g/mol. The van der Waals surface area contributed by atoms with E-state index in [9.17, 15) is 4.39 Å². The van der Waals surface area contributed by atoms with E-state index in [4.69, 9.17) is 4.74 Å². The van der Waals surface area contributed by atoms with Gasteiger partial charge in [0.25, 0.3) is 0 Å². The van der Waals surface area contributed by atoms with Gasteiger partial charge >= 0.3 is 0 Å². The van der Waals surface area contributed by atoms with Crippen molar-refractivity contribution in [2.75, 3.05) is 13.1 Å². The zero-order valence-corrected chi connectivity index (χ0v) is 20.5. The Hall–Kier alpha value is -4.56. The molecule has 0 atom stereocenters. The number of nitrogens with zero attached hydrogens (tertiary/aromatic N) is 3. The second-order valence-corrected chi connectivity index (χ2v) is 9.63. The number of H-pyrrole nitrogens is 2. The standard InChI is InChI=1S/C30H25FN6O/c31-21-6-4-18(5-7-21)24-2-1-3-27-25(24)14-28(35-27)29-26-13-20(16-34-30(26)37-36-29)19-12-23(17-33-15-19)38-22-8-10-32-11-9-22/h1-7,12-17,22,32,35H,8-11H2,(H,34,36,37). The number of nitrogens with one attached hydrogen (secondary N) is 3. The van der Waals surface area contributed by atoms with Gasteiger partial charge in [-0.3, -0.25) is 10.1 Å². The SMILES string of the molecule is Fc1ccc(-c2cccc3[nH]c(-c4n[nH]c5ncc(-c6cncc(OC7CCNCC7)c6)cc45)cc23)cc1. The van der Waals surface area contributed by atoms with Crippen LogP contribution in [0, 0.1) is 5.82 Å². The summed E-state index contributed by atoms with van der Waals surface area (Å²) in [6.45, 7) is 1.95. The summed E-state index contributed by atoms with van der Waals surface area (Å²) in [6, 6.07) is 18.8. The first-order valence-corrected chi connectivity index (χ1v) is 12.8. The molecule has 0 bridgehead atoms. The van der Waals surface area contributed by atoms with E-state index < -0.39 is 0 Å². The molecular weight excluding hydrogens is 479 g/mol. The number of ether oxygens (including phenoxy) is 1. The Morgan fingerprint density at radius 1 is 0.842 bits per heavy atom. The zero-order chi connectivity index (χ0) is 25.5. The molecule has 7 nitrogen and oxygen atoms in total. The Bertz CT molecular complexity index is 1750. The van der Waals surface area contributed by atoms with Gasteiger partial charge in [0.1, 0.15) is 23.4 Å². The lowest BCUT2D eigenvalue weighted by Crippen LogP contribution is -2.34. The summed E-state index contributed by atoms with van der Waals surface area (Å²) >= 11 is 0. The molecule has 0 radical (unpaired) electrons. The van der Waals surface area contributed by atoms with Gasteiger partial charge in [-0.2, -0.15) is 5.10 Å². The summed E-state index contributed by atoms with van der Waals surface area (Å²) in [7, 11) is 0. The molecule has 8 heteroatoms. The zero-order valence-electron chi connectivity index (χ0n) is 20.5. The molecule has 4 aromatic heterocycles. The van der Waals surface area contributed by atoms with Crippen LogP contribution in [0.15, 0.2) is 79.3 Å². The van der Waals surface area contributed by atoms with E-state index in [0.717, 1.165) is 81.6 Å². The summed E-state index contributed by atoms with van der Waals surface area (Å²) in [5.74, 6) is 0.520. The molecule has 3 N–H and O–H groups in total. The molecule has 1 fully saturated rings. The largest absolute Gasteiger partial charge is 0.489 e. The topological polar surface area (TPSA) is 91.5 Å². The molecule has 0 unspecified atom stereocenters. The van der Waals surface area contributed by atoms with Gasteiger partial charge in [0.05, 0.1) is 11.9 Å². The first-order valence-electron chi connectivity index (χ1n) is 12.8. The van der Waals surface area contributed by atoms with E-state index in [1.807, 2.05) is 36.7 Å². The highest BCUT2D eigenvalue weighted by molar-refractivity contribution is 6.01. The Labute approximate surface area is 218 Å². The van der Waals surface area contributed by atoms with E-state index in [1.54, 1.807) is 18.3 Å². The van der Waals surface area contributed by atoms with Crippen molar-refractivity contribution in [3.05, 3.63) is 85.1 Å². The molecule has 2 aromatic carbocycles. The third-order valence-corrected chi connectivity index (χ3v) is 7.13. The Kier molecular flexibility index (Phi) is 5.59. The van der Waals surface area contributed by atoms with Gasteiger partial charge in [0, 0.05) is 39.8 Å². The highest BCUT2D eigenvalue weighted by atomic mass is 19.1. The van der Waals surface area contributed by atoms with Crippen LogP contribution in [-0.4, -0.2) is 44.3 Å². The molecule has 5 heterocycles. The van der Waals surface area contributed by atoms with Crippen molar-refractivity contribution in [3.63, 3.8) is 0 Å². The fourth-order valence-corrected chi connectivity index (χ4v) is 5.18. The van der Waals surface area contributed by atoms with Gasteiger partial charge in [0.2, 0.25) is 0 Å². The van der Waals surface area contributed by atoms with Gasteiger partial charge in [-0.05, 0) is 73.5 Å². The summed E-state index contributed by atoms with van der Waals surface area (Å²) in [6.07, 6.45) is 7.61. The normalized spacial score (nSPS) is 14.3. The maximum Gasteiger partial charge on any atom is 0.155 e. The average molecular weight is 505 g/mol.